The van der Waals surface area contributed by atoms with Crippen LogP contribution in [0.1, 0.15) is 13.3 Å². The molecule has 0 aromatic rings. The van der Waals surface area contributed by atoms with Crippen LogP contribution in [0.3, 0.4) is 0 Å². The van der Waals surface area contributed by atoms with Crippen LogP contribution >= 0.6 is 11.8 Å². The van der Waals surface area contributed by atoms with E-state index in [4.69, 9.17) is 10.0 Å². The van der Waals surface area contributed by atoms with E-state index in [0.717, 1.165) is 12.0 Å². The van der Waals surface area contributed by atoms with E-state index in [0.29, 0.717) is 4.80 Å². The summed E-state index contributed by atoms with van der Waals surface area (Å²) < 4.78 is 0. The van der Waals surface area contributed by atoms with E-state index in [1.54, 1.807) is 12.3 Å². The Kier molecular flexibility index (Phi) is 5.37. The molecule has 0 heterocycles. The SMILES string of the molecule is C=C(C=C(SC)B(O)O)CC. The van der Waals surface area contributed by atoms with E-state index in [1.807, 2.05) is 6.92 Å². The van der Waals surface area contributed by atoms with Gasteiger partial charge in [0.2, 0.25) is 0 Å². The van der Waals surface area contributed by atoms with E-state index < -0.39 is 7.12 Å². The Morgan fingerprint density at radius 2 is 2.18 bits per heavy atom. The van der Waals surface area contributed by atoms with Gasteiger partial charge in [0.05, 0.1) is 0 Å². The van der Waals surface area contributed by atoms with Crippen molar-refractivity contribution in [3.05, 3.63) is 23.0 Å². The second-order valence-electron chi connectivity index (χ2n) is 2.14. The second kappa shape index (κ2) is 5.46. The smallest absolute Gasteiger partial charge is 0.423 e. The average Bonchev–Trinajstić information content (AvgIpc) is 1.99. The van der Waals surface area contributed by atoms with E-state index in [9.17, 15) is 0 Å². The van der Waals surface area contributed by atoms with E-state index in [-0.39, 0.29) is 0 Å². The van der Waals surface area contributed by atoms with Crippen molar-refractivity contribution in [3.63, 3.8) is 0 Å². The first-order valence-electron chi connectivity index (χ1n) is 3.41. The van der Waals surface area contributed by atoms with Gasteiger partial charge in [-0.1, -0.05) is 25.2 Å². The van der Waals surface area contributed by atoms with Gasteiger partial charge in [0.25, 0.3) is 0 Å². The minimum Gasteiger partial charge on any atom is -0.423 e. The van der Waals surface area contributed by atoms with Gasteiger partial charge in [0.15, 0.2) is 0 Å². The lowest BCUT2D eigenvalue weighted by Gasteiger charge is -2.01. The molecule has 0 aromatic heterocycles. The monoisotopic (exact) mass is 172 g/mol. The fourth-order valence-electron chi connectivity index (χ4n) is 0.542. The predicted octanol–water partition coefficient (Wildman–Crippen LogP) is 1.21. The van der Waals surface area contributed by atoms with Crippen molar-refractivity contribution in [1.29, 1.82) is 0 Å². The normalized spacial score (nSPS) is 11.5. The Morgan fingerprint density at radius 1 is 1.64 bits per heavy atom. The zero-order valence-corrected chi connectivity index (χ0v) is 7.69. The van der Waals surface area contributed by atoms with Crippen LogP contribution in [0.4, 0.5) is 0 Å². The maximum atomic E-state index is 8.78. The van der Waals surface area contributed by atoms with Crippen LogP contribution in [0, 0.1) is 0 Å². The first kappa shape index (κ1) is 10.8. The zero-order valence-electron chi connectivity index (χ0n) is 6.87. The summed E-state index contributed by atoms with van der Waals surface area (Å²) >= 11 is 1.32. The standard InChI is InChI=1S/C7H13BO2S/c1-4-6(2)5-7(11-3)8(9)10/h5,9-10H,2,4H2,1,3H3. The summed E-state index contributed by atoms with van der Waals surface area (Å²) in [6.45, 7) is 5.70. The largest absolute Gasteiger partial charge is 0.495 e. The molecule has 0 saturated heterocycles. The highest BCUT2D eigenvalue weighted by Crippen LogP contribution is 2.15. The van der Waals surface area contributed by atoms with Gasteiger partial charge < -0.3 is 10.0 Å². The summed E-state index contributed by atoms with van der Waals surface area (Å²) in [6, 6.07) is 0. The van der Waals surface area contributed by atoms with Crippen LogP contribution in [0.5, 0.6) is 0 Å². The Balaban J connectivity index is 4.23. The first-order chi connectivity index (χ1) is 5.11. The Hall–Kier alpha value is -0.185. The summed E-state index contributed by atoms with van der Waals surface area (Å²) in [7, 11) is -1.37. The van der Waals surface area contributed by atoms with Gasteiger partial charge in [-0.15, -0.1) is 11.8 Å². The molecule has 2 N–H and O–H groups in total. The number of hydrogen-bond acceptors (Lipinski definition) is 3. The van der Waals surface area contributed by atoms with E-state index in [1.165, 1.54) is 11.8 Å². The molecule has 0 aliphatic rings. The van der Waals surface area contributed by atoms with Crippen molar-refractivity contribution in [2.24, 2.45) is 0 Å². The molecule has 0 amide bonds. The first-order valence-corrected chi connectivity index (χ1v) is 4.63. The molecule has 0 aliphatic carbocycles. The summed E-state index contributed by atoms with van der Waals surface area (Å²) in [6.07, 6.45) is 4.33. The van der Waals surface area contributed by atoms with Gasteiger partial charge in [0, 0.05) is 4.80 Å². The molecule has 11 heavy (non-hydrogen) atoms. The van der Waals surface area contributed by atoms with Gasteiger partial charge in [-0.3, -0.25) is 0 Å². The fraction of sp³-hybridized carbons (Fsp3) is 0.429. The third-order valence-electron chi connectivity index (χ3n) is 1.29. The van der Waals surface area contributed by atoms with Crippen molar-refractivity contribution in [2.75, 3.05) is 6.26 Å². The van der Waals surface area contributed by atoms with Crippen LogP contribution in [0.2, 0.25) is 0 Å². The molecule has 0 fully saturated rings. The van der Waals surface area contributed by atoms with Gasteiger partial charge >= 0.3 is 7.12 Å². The highest BCUT2D eigenvalue weighted by Gasteiger charge is 2.12. The molecule has 62 valence electrons. The minimum atomic E-state index is -1.37. The molecule has 0 radical (unpaired) electrons. The summed E-state index contributed by atoms with van der Waals surface area (Å²) in [5, 5.41) is 17.6. The number of thioether (sulfide) groups is 1. The van der Waals surface area contributed by atoms with Crippen LogP contribution in [-0.4, -0.2) is 23.4 Å². The van der Waals surface area contributed by atoms with Crippen LogP contribution in [0.15, 0.2) is 23.0 Å². The van der Waals surface area contributed by atoms with E-state index in [2.05, 4.69) is 6.58 Å². The fourth-order valence-corrected chi connectivity index (χ4v) is 1.04. The molecule has 0 unspecified atom stereocenters. The summed E-state index contributed by atoms with van der Waals surface area (Å²) in [4.78, 5) is 0.539. The van der Waals surface area contributed by atoms with Crippen molar-refractivity contribution in [1.82, 2.24) is 0 Å². The Morgan fingerprint density at radius 3 is 2.45 bits per heavy atom. The average molecular weight is 172 g/mol. The molecule has 0 saturated carbocycles. The molecule has 0 aromatic carbocycles. The molecule has 0 aliphatic heterocycles. The maximum Gasteiger partial charge on any atom is 0.495 e. The molecule has 2 nitrogen and oxygen atoms in total. The maximum absolute atomic E-state index is 8.78. The lowest BCUT2D eigenvalue weighted by atomic mass is 9.89. The molecule has 0 atom stereocenters. The second-order valence-corrected chi connectivity index (χ2v) is 3.02. The van der Waals surface area contributed by atoms with Crippen LogP contribution in [0.25, 0.3) is 0 Å². The summed E-state index contributed by atoms with van der Waals surface area (Å²) in [5.74, 6) is 0. The number of rotatable bonds is 4. The highest BCUT2D eigenvalue weighted by atomic mass is 32.2. The third-order valence-corrected chi connectivity index (χ3v) is 2.09. The summed E-state index contributed by atoms with van der Waals surface area (Å²) in [5.41, 5.74) is 0.905. The quantitative estimate of drug-likeness (QED) is 0.494. The number of allylic oxidation sites excluding steroid dienone is 2. The van der Waals surface area contributed by atoms with Gasteiger partial charge in [-0.25, -0.2) is 0 Å². The van der Waals surface area contributed by atoms with E-state index >= 15 is 0 Å². The van der Waals surface area contributed by atoms with Crippen molar-refractivity contribution in [2.45, 2.75) is 13.3 Å². The van der Waals surface area contributed by atoms with Gasteiger partial charge in [-0.05, 0) is 12.7 Å². The van der Waals surface area contributed by atoms with Gasteiger partial charge in [0.1, 0.15) is 0 Å². The lowest BCUT2D eigenvalue weighted by molar-refractivity contribution is 0.422. The lowest BCUT2D eigenvalue weighted by Crippen LogP contribution is -2.12. The Bertz CT molecular complexity index is 166. The third kappa shape index (κ3) is 4.29. The molecular weight excluding hydrogens is 159 g/mol. The van der Waals surface area contributed by atoms with Crippen LogP contribution in [-0.2, 0) is 0 Å². The molecule has 0 rings (SSSR count). The van der Waals surface area contributed by atoms with Crippen molar-refractivity contribution < 1.29 is 10.0 Å². The molecule has 4 heteroatoms. The zero-order chi connectivity index (χ0) is 8.85. The van der Waals surface area contributed by atoms with Crippen LogP contribution < -0.4 is 0 Å². The molecular formula is C7H13BO2S. The molecule has 0 bridgehead atoms. The van der Waals surface area contributed by atoms with Crippen molar-refractivity contribution >= 4 is 18.9 Å². The Labute approximate surface area is 72.2 Å². The predicted molar refractivity (Wildman–Crippen MR) is 51.2 cm³/mol. The van der Waals surface area contributed by atoms with Gasteiger partial charge in [-0.2, -0.15) is 0 Å². The topological polar surface area (TPSA) is 40.5 Å². The minimum absolute atomic E-state index is 0.539. The number of hydrogen-bond donors (Lipinski definition) is 2. The van der Waals surface area contributed by atoms with Crippen molar-refractivity contribution in [3.8, 4) is 0 Å². The molecule has 0 spiro atoms. The highest BCUT2D eigenvalue weighted by molar-refractivity contribution is 8.04.